The van der Waals surface area contributed by atoms with Crippen molar-refractivity contribution in [3.63, 3.8) is 0 Å². The Kier molecular flexibility index (Phi) is 3.99. The average Bonchev–Trinajstić information content (AvgIpc) is 2.68. The van der Waals surface area contributed by atoms with Crippen LogP contribution in [0.15, 0.2) is 35.5 Å². The fourth-order valence-corrected chi connectivity index (χ4v) is 5.02. The zero-order chi connectivity index (χ0) is 20.3. The first kappa shape index (κ1) is 18.2. The SMILES string of the molecule is CCOC(=O)C1=C(C)Nc2nc3c(c4c2C1c1ccccc1N4)CC(C)(C)CC3. The largest absolute Gasteiger partial charge is 0.463 e. The molecule has 1 aromatic heterocycles. The molecule has 0 saturated heterocycles. The van der Waals surface area contributed by atoms with Crippen LogP contribution in [0.25, 0.3) is 0 Å². The van der Waals surface area contributed by atoms with Crippen LogP contribution in [0.4, 0.5) is 17.2 Å². The van der Waals surface area contributed by atoms with Crippen molar-refractivity contribution < 1.29 is 9.53 Å². The van der Waals surface area contributed by atoms with Crippen molar-refractivity contribution in [3.8, 4) is 0 Å². The first-order valence-corrected chi connectivity index (χ1v) is 10.5. The third-order valence-corrected chi connectivity index (χ3v) is 6.43. The molecule has 1 atom stereocenters. The molecule has 0 fully saturated rings. The summed E-state index contributed by atoms with van der Waals surface area (Å²) < 4.78 is 5.45. The Balaban J connectivity index is 1.77. The normalized spacial score (nSPS) is 20.6. The van der Waals surface area contributed by atoms with E-state index in [1.807, 2.05) is 26.0 Å². The van der Waals surface area contributed by atoms with Gasteiger partial charge in [0, 0.05) is 22.6 Å². The third-order valence-electron chi connectivity index (χ3n) is 6.43. The van der Waals surface area contributed by atoms with Crippen molar-refractivity contribution in [2.45, 2.75) is 52.9 Å². The van der Waals surface area contributed by atoms with E-state index in [4.69, 9.17) is 9.72 Å². The van der Waals surface area contributed by atoms with Crippen LogP contribution in [0.1, 0.15) is 62.4 Å². The topological polar surface area (TPSA) is 63.2 Å². The maximum Gasteiger partial charge on any atom is 0.336 e. The fourth-order valence-electron chi connectivity index (χ4n) is 5.02. The lowest BCUT2D eigenvalue weighted by molar-refractivity contribution is -0.138. The Morgan fingerprint density at radius 1 is 1.28 bits per heavy atom. The number of carbonyl (C=O) groups is 1. The summed E-state index contributed by atoms with van der Waals surface area (Å²) in [5.74, 6) is 0.449. The van der Waals surface area contributed by atoms with Gasteiger partial charge in [0.1, 0.15) is 5.82 Å². The molecule has 2 aromatic rings. The second kappa shape index (κ2) is 6.34. The summed E-state index contributed by atoms with van der Waals surface area (Å²) in [6, 6.07) is 8.26. The Morgan fingerprint density at radius 3 is 2.86 bits per heavy atom. The lowest BCUT2D eigenvalue weighted by Gasteiger charge is -2.40. The Morgan fingerprint density at radius 2 is 2.07 bits per heavy atom. The molecule has 3 aliphatic rings. The summed E-state index contributed by atoms with van der Waals surface area (Å²) in [4.78, 5) is 18.0. The van der Waals surface area contributed by atoms with Crippen molar-refractivity contribution >= 4 is 23.2 Å². The number of fused-ring (bicyclic) bond motifs is 4. The number of pyridine rings is 1. The molecule has 0 saturated carbocycles. The van der Waals surface area contributed by atoms with Gasteiger partial charge in [0.2, 0.25) is 0 Å². The third kappa shape index (κ3) is 2.75. The molecule has 1 unspecified atom stereocenters. The molecule has 1 aromatic carbocycles. The maximum atomic E-state index is 13.0. The van der Waals surface area contributed by atoms with Gasteiger partial charge < -0.3 is 15.4 Å². The van der Waals surface area contributed by atoms with Gasteiger partial charge in [-0.3, -0.25) is 0 Å². The van der Waals surface area contributed by atoms with Gasteiger partial charge in [-0.1, -0.05) is 32.0 Å². The minimum Gasteiger partial charge on any atom is -0.463 e. The molecule has 0 radical (unpaired) electrons. The van der Waals surface area contributed by atoms with E-state index in [2.05, 4.69) is 36.6 Å². The minimum absolute atomic E-state index is 0.166. The number of hydrogen-bond donors (Lipinski definition) is 2. The number of allylic oxidation sites excluding steroid dienone is 1. The van der Waals surface area contributed by atoms with Crippen LogP contribution >= 0.6 is 0 Å². The number of carbonyl (C=O) groups excluding carboxylic acids is 1. The van der Waals surface area contributed by atoms with Crippen molar-refractivity contribution in [3.05, 3.63) is 57.9 Å². The van der Waals surface area contributed by atoms with E-state index in [0.29, 0.717) is 12.2 Å². The monoisotopic (exact) mass is 389 g/mol. The highest BCUT2D eigenvalue weighted by atomic mass is 16.5. The molecule has 5 nitrogen and oxygen atoms in total. The molecule has 0 amide bonds. The van der Waals surface area contributed by atoms with E-state index in [9.17, 15) is 4.79 Å². The number of benzene rings is 1. The highest BCUT2D eigenvalue weighted by Gasteiger charge is 2.42. The quantitative estimate of drug-likeness (QED) is 0.704. The van der Waals surface area contributed by atoms with Gasteiger partial charge in [0.05, 0.1) is 23.8 Å². The van der Waals surface area contributed by atoms with E-state index in [-0.39, 0.29) is 17.3 Å². The second-order valence-electron chi connectivity index (χ2n) is 9.04. The van der Waals surface area contributed by atoms with Crippen LogP contribution in [0, 0.1) is 5.41 Å². The Hall–Kier alpha value is -2.82. The van der Waals surface area contributed by atoms with Gasteiger partial charge in [-0.15, -0.1) is 0 Å². The predicted octanol–water partition coefficient (Wildman–Crippen LogP) is 5.05. The molecule has 1 aliphatic carbocycles. The van der Waals surface area contributed by atoms with Gasteiger partial charge in [-0.2, -0.15) is 0 Å². The zero-order valence-corrected chi connectivity index (χ0v) is 17.5. The lowest BCUT2D eigenvalue weighted by atomic mass is 9.72. The smallest absolute Gasteiger partial charge is 0.336 e. The summed E-state index contributed by atoms with van der Waals surface area (Å²) >= 11 is 0. The summed E-state index contributed by atoms with van der Waals surface area (Å²) in [5.41, 5.74) is 8.58. The van der Waals surface area contributed by atoms with Crippen LogP contribution < -0.4 is 10.6 Å². The number of aromatic nitrogens is 1. The summed E-state index contributed by atoms with van der Waals surface area (Å²) in [6.07, 6.45) is 3.09. The van der Waals surface area contributed by atoms with Crippen LogP contribution in [0.5, 0.6) is 0 Å². The molecular formula is C24H27N3O2. The van der Waals surface area contributed by atoms with E-state index in [1.54, 1.807) is 0 Å². The van der Waals surface area contributed by atoms with E-state index >= 15 is 0 Å². The van der Waals surface area contributed by atoms with E-state index in [0.717, 1.165) is 53.3 Å². The summed E-state index contributed by atoms with van der Waals surface area (Å²) in [6.45, 7) is 8.80. The fraction of sp³-hybridized carbons (Fsp3) is 0.417. The number of nitrogens with zero attached hydrogens (tertiary/aromatic N) is 1. The molecule has 5 heteroatoms. The number of rotatable bonds is 2. The molecule has 2 aliphatic heterocycles. The molecular weight excluding hydrogens is 362 g/mol. The summed E-state index contributed by atoms with van der Waals surface area (Å²) in [5, 5.41) is 7.11. The lowest BCUT2D eigenvalue weighted by Crippen LogP contribution is -2.31. The molecule has 3 heterocycles. The van der Waals surface area contributed by atoms with Crippen LogP contribution in [0.2, 0.25) is 0 Å². The van der Waals surface area contributed by atoms with Gasteiger partial charge >= 0.3 is 5.97 Å². The molecule has 0 bridgehead atoms. The highest BCUT2D eigenvalue weighted by molar-refractivity contribution is 5.98. The maximum absolute atomic E-state index is 13.0. The van der Waals surface area contributed by atoms with E-state index < -0.39 is 0 Å². The van der Waals surface area contributed by atoms with Gasteiger partial charge in [0.15, 0.2) is 0 Å². The Bertz CT molecular complexity index is 1070. The molecule has 0 spiro atoms. The second-order valence-corrected chi connectivity index (χ2v) is 9.04. The van der Waals surface area contributed by atoms with Gasteiger partial charge in [-0.05, 0) is 55.7 Å². The number of esters is 1. The molecule has 2 N–H and O–H groups in total. The number of para-hydroxylation sites is 1. The molecule has 150 valence electrons. The molecule has 5 rings (SSSR count). The molecule has 29 heavy (non-hydrogen) atoms. The Labute approximate surface area is 171 Å². The van der Waals surface area contributed by atoms with Crippen LogP contribution in [-0.4, -0.2) is 17.6 Å². The number of nitrogens with one attached hydrogen (secondary N) is 2. The summed E-state index contributed by atoms with van der Waals surface area (Å²) in [7, 11) is 0. The predicted molar refractivity (Wildman–Crippen MR) is 115 cm³/mol. The van der Waals surface area contributed by atoms with Gasteiger partial charge in [-0.25, -0.2) is 9.78 Å². The average molecular weight is 389 g/mol. The van der Waals surface area contributed by atoms with Crippen molar-refractivity contribution in [1.29, 1.82) is 0 Å². The number of ether oxygens (including phenoxy) is 1. The zero-order valence-electron chi connectivity index (χ0n) is 17.5. The number of aryl methyl sites for hydroxylation is 1. The first-order chi connectivity index (χ1) is 13.9. The van der Waals surface area contributed by atoms with Crippen LogP contribution in [0.3, 0.4) is 0 Å². The standard InChI is InChI=1S/C24H27N3O2/c1-5-29-23(28)18-13(2)25-22-20-19(18)14-8-6-7-9-16(14)26-21(20)15-12-24(3,4)11-10-17(15)27-22/h6-9,19,26H,5,10-12H2,1-4H3,(H,25,27). The number of anilines is 3. The first-order valence-electron chi connectivity index (χ1n) is 10.5. The van der Waals surface area contributed by atoms with Crippen molar-refractivity contribution in [2.75, 3.05) is 17.2 Å². The van der Waals surface area contributed by atoms with Crippen molar-refractivity contribution in [2.24, 2.45) is 5.41 Å². The highest BCUT2D eigenvalue weighted by Crippen LogP contribution is 2.54. The number of hydrogen-bond acceptors (Lipinski definition) is 5. The van der Waals surface area contributed by atoms with E-state index in [1.165, 1.54) is 11.3 Å². The van der Waals surface area contributed by atoms with Gasteiger partial charge in [0.25, 0.3) is 0 Å². The minimum atomic E-state index is -0.256. The van der Waals surface area contributed by atoms with Crippen molar-refractivity contribution in [1.82, 2.24) is 4.98 Å². The van der Waals surface area contributed by atoms with Crippen LogP contribution in [-0.2, 0) is 22.4 Å².